The Kier molecular flexibility index (Phi) is 4.74. The van der Waals surface area contributed by atoms with Crippen molar-refractivity contribution < 1.29 is 14.3 Å². The van der Waals surface area contributed by atoms with Crippen LogP contribution in [0.5, 0.6) is 0 Å². The molecule has 0 heterocycles. The molecule has 0 aliphatic rings. The molecule has 0 aromatic heterocycles. The molecule has 0 atom stereocenters. The van der Waals surface area contributed by atoms with E-state index in [1.165, 1.54) is 0 Å². The first kappa shape index (κ1) is 9.63. The second kappa shape index (κ2) is 5.42. The Morgan fingerprint density at radius 2 is 2.18 bits per heavy atom. The molecule has 0 aromatic carbocycles. The zero-order chi connectivity index (χ0) is 8.69. The van der Waals surface area contributed by atoms with Gasteiger partial charge in [0.2, 0.25) is 5.78 Å². The summed E-state index contributed by atoms with van der Waals surface area (Å²) in [4.78, 5) is 21.1. The minimum absolute atomic E-state index is 0.00106. The molecule has 11 heavy (non-hydrogen) atoms. The molecule has 60 valence electrons. The van der Waals surface area contributed by atoms with Crippen molar-refractivity contribution in [2.45, 2.75) is 19.8 Å². The van der Waals surface area contributed by atoms with Gasteiger partial charge in [0.1, 0.15) is 6.61 Å². The number of carbonyl (C=O) groups excluding carboxylic acids is 2. The van der Waals surface area contributed by atoms with Crippen molar-refractivity contribution in [3.05, 3.63) is 0 Å². The first-order valence-corrected chi connectivity index (χ1v) is 3.29. The van der Waals surface area contributed by atoms with Gasteiger partial charge in [-0.2, -0.15) is 5.26 Å². The highest BCUT2D eigenvalue weighted by atomic mass is 16.5. The topological polar surface area (TPSA) is 67.2 Å². The lowest BCUT2D eigenvalue weighted by molar-refractivity contribution is -0.153. The number of carbonyl (C=O) groups is 2. The number of hydrogen-bond donors (Lipinski definition) is 0. The second-order valence-corrected chi connectivity index (χ2v) is 1.82. The van der Waals surface area contributed by atoms with Crippen molar-refractivity contribution in [1.82, 2.24) is 0 Å². The van der Waals surface area contributed by atoms with Gasteiger partial charge in [-0.1, -0.05) is 6.92 Å². The minimum atomic E-state index is -0.845. The van der Waals surface area contributed by atoms with Crippen molar-refractivity contribution >= 4 is 11.8 Å². The van der Waals surface area contributed by atoms with E-state index in [0.717, 1.165) is 0 Å². The molecule has 0 bridgehead atoms. The van der Waals surface area contributed by atoms with Gasteiger partial charge in [0.25, 0.3) is 0 Å². The average molecular weight is 155 g/mol. The zero-order valence-corrected chi connectivity index (χ0v) is 6.29. The highest BCUT2D eigenvalue weighted by molar-refractivity contribution is 6.33. The molecule has 0 unspecified atom stereocenters. The maximum Gasteiger partial charge on any atom is 0.374 e. The summed E-state index contributed by atoms with van der Waals surface area (Å²) in [6.07, 6.45) is 0.272. The number of nitriles is 1. The van der Waals surface area contributed by atoms with Crippen molar-refractivity contribution in [3.63, 3.8) is 0 Å². The third-order valence-corrected chi connectivity index (χ3v) is 0.996. The number of ketones is 1. The van der Waals surface area contributed by atoms with Crippen LogP contribution < -0.4 is 0 Å². The van der Waals surface area contributed by atoms with Gasteiger partial charge in [0.05, 0.1) is 12.5 Å². The van der Waals surface area contributed by atoms with E-state index in [1.54, 1.807) is 13.0 Å². The van der Waals surface area contributed by atoms with Gasteiger partial charge in [0, 0.05) is 6.42 Å². The van der Waals surface area contributed by atoms with Crippen LogP contribution >= 0.6 is 0 Å². The van der Waals surface area contributed by atoms with Crippen molar-refractivity contribution in [1.29, 1.82) is 5.26 Å². The molecule has 4 nitrogen and oxygen atoms in total. The maximum atomic E-state index is 10.6. The highest BCUT2D eigenvalue weighted by Crippen LogP contribution is 1.87. The molecular weight excluding hydrogens is 146 g/mol. The highest BCUT2D eigenvalue weighted by Gasteiger charge is 2.11. The Morgan fingerprint density at radius 1 is 1.55 bits per heavy atom. The van der Waals surface area contributed by atoms with E-state index in [9.17, 15) is 9.59 Å². The van der Waals surface area contributed by atoms with E-state index in [4.69, 9.17) is 5.26 Å². The van der Waals surface area contributed by atoms with Crippen LogP contribution in [-0.2, 0) is 14.3 Å². The SMILES string of the molecule is CCC(=O)C(=O)OCCC#N. The average Bonchev–Trinajstić information content (AvgIpc) is 2.03. The molecule has 0 rings (SSSR count). The van der Waals surface area contributed by atoms with Crippen LogP contribution in [0.15, 0.2) is 0 Å². The largest absolute Gasteiger partial charge is 0.459 e. The normalized spacial score (nSPS) is 8.36. The van der Waals surface area contributed by atoms with Crippen molar-refractivity contribution in [3.8, 4) is 6.07 Å². The summed E-state index contributed by atoms with van der Waals surface area (Å²) >= 11 is 0. The predicted molar refractivity (Wildman–Crippen MR) is 36.5 cm³/mol. The van der Waals surface area contributed by atoms with Gasteiger partial charge in [-0.05, 0) is 0 Å². The molecular formula is C7H9NO3. The Morgan fingerprint density at radius 3 is 2.64 bits per heavy atom. The van der Waals surface area contributed by atoms with Crippen LogP contribution in [0.1, 0.15) is 19.8 Å². The van der Waals surface area contributed by atoms with Gasteiger partial charge >= 0.3 is 5.97 Å². The van der Waals surface area contributed by atoms with E-state index >= 15 is 0 Å². The van der Waals surface area contributed by atoms with Crippen molar-refractivity contribution in [2.24, 2.45) is 0 Å². The molecule has 0 fully saturated rings. The molecule has 0 N–H and O–H groups in total. The monoisotopic (exact) mass is 155 g/mol. The summed E-state index contributed by atoms with van der Waals surface area (Å²) in [5, 5.41) is 8.05. The smallest absolute Gasteiger partial charge is 0.374 e. The van der Waals surface area contributed by atoms with Gasteiger partial charge in [0.15, 0.2) is 0 Å². The van der Waals surface area contributed by atoms with Crippen LogP contribution in [0.3, 0.4) is 0 Å². The molecule has 0 aliphatic heterocycles. The van der Waals surface area contributed by atoms with E-state index in [2.05, 4.69) is 4.74 Å². The van der Waals surface area contributed by atoms with Gasteiger partial charge in [-0.25, -0.2) is 4.79 Å². The molecule has 0 saturated heterocycles. The maximum absolute atomic E-state index is 10.6. The molecule has 0 radical (unpaired) electrons. The molecule has 0 aromatic rings. The summed E-state index contributed by atoms with van der Waals surface area (Å²) in [7, 11) is 0. The first-order chi connectivity index (χ1) is 5.22. The van der Waals surface area contributed by atoms with Gasteiger partial charge in [-0.3, -0.25) is 4.79 Å². The summed E-state index contributed by atoms with van der Waals surface area (Å²) in [6, 6.07) is 1.79. The molecule has 0 aliphatic carbocycles. The zero-order valence-electron chi connectivity index (χ0n) is 6.29. The standard InChI is InChI=1S/C7H9NO3/c1-2-6(9)7(10)11-5-3-4-8/h2-3,5H2,1H3. The lowest BCUT2D eigenvalue weighted by Gasteiger charge is -1.97. The number of hydrogen-bond acceptors (Lipinski definition) is 4. The van der Waals surface area contributed by atoms with Gasteiger partial charge < -0.3 is 4.74 Å². The number of ether oxygens (including phenoxy) is 1. The van der Waals surface area contributed by atoms with E-state index in [-0.39, 0.29) is 19.4 Å². The summed E-state index contributed by atoms with van der Waals surface area (Å²) in [5.41, 5.74) is 0. The fraction of sp³-hybridized carbons (Fsp3) is 0.571. The van der Waals surface area contributed by atoms with Crippen LogP contribution in [0.25, 0.3) is 0 Å². The first-order valence-electron chi connectivity index (χ1n) is 3.29. The number of rotatable bonds is 4. The fourth-order valence-corrected chi connectivity index (χ4v) is 0.414. The Labute approximate surface area is 64.8 Å². The number of Topliss-reactive ketones (excluding diaryl/α,β-unsaturated/α-hetero) is 1. The summed E-state index contributed by atoms with van der Waals surface area (Å²) < 4.78 is 4.42. The third-order valence-electron chi connectivity index (χ3n) is 0.996. The molecule has 0 amide bonds. The molecule has 4 heteroatoms. The van der Waals surface area contributed by atoms with E-state index < -0.39 is 11.8 Å². The van der Waals surface area contributed by atoms with Gasteiger partial charge in [-0.15, -0.1) is 0 Å². The van der Waals surface area contributed by atoms with E-state index in [0.29, 0.717) is 0 Å². The molecule has 0 saturated carbocycles. The quantitative estimate of drug-likeness (QED) is 0.335. The van der Waals surface area contributed by atoms with E-state index in [1.807, 2.05) is 0 Å². The second-order valence-electron chi connectivity index (χ2n) is 1.82. The molecule has 0 spiro atoms. The lowest BCUT2D eigenvalue weighted by atomic mass is 10.3. The third kappa shape index (κ3) is 4.09. The number of esters is 1. The Hall–Kier alpha value is -1.37. The number of nitrogens with zero attached hydrogens (tertiary/aromatic N) is 1. The predicted octanol–water partition coefficient (Wildman–Crippen LogP) is 0.422. The summed E-state index contributed by atoms with van der Waals surface area (Å²) in [6.45, 7) is 1.58. The fourth-order valence-electron chi connectivity index (χ4n) is 0.414. The van der Waals surface area contributed by atoms with Crippen molar-refractivity contribution in [2.75, 3.05) is 6.61 Å². The van der Waals surface area contributed by atoms with Crippen LogP contribution in [0.4, 0.5) is 0 Å². The summed E-state index contributed by atoms with van der Waals surface area (Å²) in [5.74, 6) is -1.40. The minimum Gasteiger partial charge on any atom is -0.459 e. The Bertz CT molecular complexity index is 192. The Balaban J connectivity index is 3.54. The van der Waals surface area contributed by atoms with Crippen LogP contribution in [-0.4, -0.2) is 18.4 Å². The van der Waals surface area contributed by atoms with Crippen LogP contribution in [0.2, 0.25) is 0 Å². The lowest BCUT2D eigenvalue weighted by Crippen LogP contribution is -2.16. The van der Waals surface area contributed by atoms with Crippen LogP contribution in [0, 0.1) is 11.3 Å².